The van der Waals surface area contributed by atoms with Crippen molar-refractivity contribution in [2.24, 2.45) is 0 Å². The molecule has 2 aromatic carbocycles. The zero-order chi connectivity index (χ0) is 26.7. The normalized spacial score (nSPS) is 15.9. The first-order chi connectivity index (χ1) is 17.5. The predicted octanol–water partition coefficient (Wildman–Crippen LogP) is 2.15. The number of rotatable bonds is 7. The molecule has 0 saturated carbocycles. The molecule has 1 atom stereocenters. The van der Waals surface area contributed by atoms with Crippen molar-refractivity contribution in [3.63, 3.8) is 0 Å². The highest BCUT2D eigenvalue weighted by Gasteiger charge is 2.31. The molecule has 0 spiro atoms. The summed E-state index contributed by atoms with van der Waals surface area (Å²) >= 11 is 1.43. The number of halogens is 2. The molecule has 2 heterocycles. The van der Waals surface area contributed by atoms with Crippen LogP contribution in [0.5, 0.6) is 0 Å². The van der Waals surface area contributed by atoms with Crippen molar-refractivity contribution in [1.29, 1.82) is 0 Å². The van der Waals surface area contributed by atoms with Crippen LogP contribution in [0.25, 0.3) is 10.2 Å². The average Bonchev–Trinajstić information content (AvgIpc) is 3.30. The predicted molar refractivity (Wildman–Crippen MR) is 134 cm³/mol. The second-order valence-electron chi connectivity index (χ2n) is 8.65. The Kier molecular flexibility index (Phi) is 8.02. The fraction of sp³-hybridized carbons (Fsp3) is 0.348. The lowest BCUT2D eigenvalue weighted by Crippen LogP contribution is -2.55. The summed E-state index contributed by atoms with van der Waals surface area (Å²) in [5, 5.41) is 11.9. The number of aromatic nitrogens is 1. The monoisotopic (exact) mass is 553 g/mol. The minimum atomic E-state index is -4.25. The molecular formula is C23H25F2N5O5S2. The number of aliphatic hydroxyl groups is 1. The highest BCUT2D eigenvalue weighted by Crippen LogP contribution is 2.24. The van der Waals surface area contributed by atoms with Crippen LogP contribution in [0.15, 0.2) is 41.9 Å². The van der Waals surface area contributed by atoms with E-state index in [4.69, 9.17) is 0 Å². The van der Waals surface area contributed by atoms with Gasteiger partial charge < -0.3 is 15.3 Å². The maximum atomic E-state index is 13.8. The molecule has 0 aliphatic carbocycles. The van der Waals surface area contributed by atoms with Crippen LogP contribution in [-0.2, 0) is 21.4 Å². The Morgan fingerprint density at radius 2 is 1.86 bits per heavy atom. The SMILES string of the molecule is CN(C(=O)[C@H](Cc1cc(F)cc(F)c1)NC(=O)NS(=O)(=O)N1CCC(O)CC1)c1ccc2scnc2c1. The summed E-state index contributed by atoms with van der Waals surface area (Å²) < 4.78 is 56.6. The van der Waals surface area contributed by atoms with Crippen LogP contribution in [0.4, 0.5) is 19.3 Å². The number of benzene rings is 2. The highest BCUT2D eigenvalue weighted by molar-refractivity contribution is 7.87. The number of anilines is 1. The van der Waals surface area contributed by atoms with Gasteiger partial charge >= 0.3 is 16.2 Å². The van der Waals surface area contributed by atoms with Gasteiger partial charge in [0.25, 0.3) is 0 Å². The van der Waals surface area contributed by atoms with Gasteiger partial charge in [-0.2, -0.15) is 12.7 Å². The lowest BCUT2D eigenvalue weighted by atomic mass is 10.0. The number of carbonyl (C=O) groups excluding carboxylic acids is 2. The standard InChI is InChI=1S/C23H25F2N5O5S2/c1-29(17-2-3-21-19(12-17)26-13-36-21)22(32)20(10-14-8-15(24)11-16(25)9-14)27-23(33)28-37(34,35)30-6-4-18(31)5-7-30/h2-3,8-9,11-13,18,20,31H,4-7,10H2,1H3,(H2,27,28,33)/t20-/m0/s1. The quantitative estimate of drug-likeness (QED) is 0.411. The number of thiazole rings is 1. The van der Waals surface area contributed by atoms with Crippen molar-refractivity contribution in [2.75, 3.05) is 25.0 Å². The molecule has 14 heteroatoms. The molecule has 3 aromatic rings. The second kappa shape index (κ2) is 11.0. The number of nitrogens with zero attached hydrogens (tertiary/aromatic N) is 3. The zero-order valence-electron chi connectivity index (χ0n) is 19.7. The number of hydrogen-bond donors (Lipinski definition) is 3. The molecule has 0 unspecified atom stereocenters. The lowest BCUT2D eigenvalue weighted by Gasteiger charge is -2.29. The van der Waals surface area contributed by atoms with E-state index in [1.165, 1.54) is 23.3 Å². The molecule has 3 N–H and O–H groups in total. The first kappa shape index (κ1) is 26.9. The fourth-order valence-corrected chi connectivity index (χ4v) is 5.81. The molecule has 3 amide bonds. The summed E-state index contributed by atoms with van der Waals surface area (Å²) in [6.45, 7) is 0.0487. The third kappa shape index (κ3) is 6.57. The molecule has 0 bridgehead atoms. The largest absolute Gasteiger partial charge is 0.393 e. The minimum Gasteiger partial charge on any atom is -0.393 e. The maximum absolute atomic E-state index is 13.8. The number of nitrogens with one attached hydrogen (secondary N) is 2. The molecule has 198 valence electrons. The second-order valence-corrected chi connectivity index (χ2v) is 11.2. The Labute approximate surface area is 216 Å². The van der Waals surface area contributed by atoms with Gasteiger partial charge in [0.05, 0.1) is 21.8 Å². The summed E-state index contributed by atoms with van der Waals surface area (Å²) in [6, 6.07) is 5.34. The number of hydrogen-bond acceptors (Lipinski definition) is 7. The number of carbonyl (C=O) groups is 2. The van der Waals surface area contributed by atoms with Crippen molar-refractivity contribution in [2.45, 2.75) is 31.4 Å². The van der Waals surface area contributed by atoms with Gasteiger partial charge in [-0.15, -0.1) is 11.3 Å². The average molecular weight is 554 g/mol. The van der Waals surface area contributed by atoms with E-state index in [2.05, 4.69) is 10.3 Å². The van der Waals surface area contributed by atoms with Gasteiger partial charge in [0.2, 0.25) is 5.91 Å². The Balaban J connectivity index is 1.54. The molecule has 1 aromatic heterocycles. The zero-order valence-corrected chi connectivity index (χ0v) is 21.4. The molecule has 10 nitrogen and oxygen atoms in total. The number of aliphatic hydroxyl groups excluding tert-OH is 1. The van der Waals surface area contributed by atoms with Crippen molar-refractivity contribution < 1.29 is 31.9 Å². The van der Waals surface area contributed by atoms with Crippen LogP contribution in [0, 0.1) is 11.6 Å². The third-order valence-electron chi connectivity index (χ3n) is 5.98. The molecule has 0 radical (unpaired) electrons. The van der Waals surface area contributed by atoms with Crippen LogP contribution in [-0.4, -0.2) is 67.0 Å². The van der Waals surface area contributed by atoms with Gasteiger partial charge in [-0.1, -0.05) is 0 Å². The van der Waals surface area contributed by atoms with Gasteiger partial charge in [0.1, 0.15) is 17.7 Å². The molecule has 4 rings (SSSR count). The van der Waals surface area contributed by atoms with Crippen LogP contribution < -0.4 is 14.9 Å². The number of piperidine rings is 1. The fourth-order valence-electron chi connectivity index (χ4n) is 4.03. The minimum absolute atomic E-state index is 0.0243. The maximum Gasteiger partial charge on any atom is 0.330 e. The van der Waals surface area contributed by atoms with Crippen molar-refractivity contribution in [3.05, 3.63) is 59.1 Å². The number of fused-ring (bicyclic) bond motifs is 1. The van der Waals surface area contributed by atoms with Gasteiger partial charge in [-0.3, -0.25) is 4.79 Å². The molecular weight excluding hydrogens is 528 g/mol. The van der Waals surface area contributed by atoms with E-state index in [1.54, 1.807) is 23.7 Å². The van der Waals surface area contributed by atoms with E-state index in [0.717, 1.165) is 21.1 Å². The van der Waals surface area contributed by atoms with E-state index >= 15 is 0 Å². The summed E-state index contributed by atoms with van der Waals surface area (Å²) in [6.07, 6.45) is -0.473. The summed E-state index contributed by atoms with van der Waals surface area (Å²) in [5.41, 5.74) is 2.87. The smallest absolute Gasteiger partial charge is 0.330 e. The van der Waals surface area contributed by atoms with E-state index in [-0.39, 0.29) is 37.9 Å². The lowest BCUT2D eigenvalue weighted by molar-refractivity contribution is -0.120. The van der Waals surface area contributed by atoms with E-state index in [0.29, 0.717) is 17.3 Å². The third-order valence-corrected chi connectivity index (χ3v) is 8.28. The van der Waals surface area contributed by atoms with Crippen molar-refractivity contribution in [1.82, 2.24) is 19.3 Å². The number of likely N-dealkylation sites (N-methyl/N-ethyl adjacent to an activating group) is 1. The van der Waals surface area contributed by atoms with Gasteiger partial charge in [0.15, 0.2) is 0 Å². The molecule has 1 fully saturated rings. The number of urea groups is 1. The molecule has 1 aliphatic rings. The summed E-state index contributed by atoms with van der Waals surface area (Å²) in [4.78, 5) is 31.6. The Morgan fingerprint density at radius 3 is 2.54 bits per heavy atom. The first-order valence-corrected chi connectivity index (χ1v) is 13.7. The first-order valence-electron chi connectivity index (χ1n) is 11.3. The van der Waals surface area contributed by atoms with E-state index in [1.807, 2.05) is 4.72 Å². The summed E-state index contributed by atoms with van der Waals surface area (Å²) in [7, 11) is -2.78. The van der Waals surface area contributed by atoms with E-state index < -0.39 is 45.9 Å². The van der Waals surface area contributed by atoms with Crippen LogP contribution in [0.3, 0.4) is 0 Å². The van der Waals surface area contributed by atoms with Gasteiger partial charge in [-0.05, 0) is 48.7 Å². The van der Waals surface area contributed by atoms with Crippen LogP contribution >= 0.6 is 11.3 Å². The Bertz CT molecular complexity index is 1390. The molecule has 1 saturated heterocycles. The van der Waals surface area contributed by atoms with Crippen molar-refractivity contribution >= 4 is 49.4 Å². The number of amides is 3. The highest BCUT2D eigenvalue weighted by atomic mass is 32.2. The van der Waals surface area contributed by atoms with Gasteiger partial charge in [0, 0.05) is 38.3 Å². The summed E-state index contributed by atoms with van der Waals surface area (Å²) in [5.74, 6) is -2.36. The van der Waals surface area contributed by atoms with Crippen LogP contribution in [0.2, 0.25) is 0 Å². The Hall–Kier alpha value is -3.20. The topological polar surface area (TPSA) is 132 Å². The Morgan fingerprint density at radius 1 is 1.19 bits per heavy atom. The molecule has 1 aliphatic heterocycles. The van der Waals surface area contributed by atoms with Crippen LogP contribution in [0.1, 0.15) is 18.4 Å². The van der Waals surface area contributed by atoms with E-state index in [9.17, 15) is 31.9 Å². The van der Waals surface area contributed by atoms with Gasteiger partial charge in [-0.25, -0.2) is 23.3 Å². The molecule has 37 heavy (non-hydrogen) atoms. The van der Waals surface area contributed by atoms with Crippen molar-refractivity contribution in [3.8, 4) is 0 Å².